The minimum absolute atomic E-state index is 0.0746. The van der Waals surface area contributed by atoms with Crippen LogP contribution in [0, 0.1) is 6.92 Å². The van der Waals surface area contributed by atoms with E-state index in [1.165, 1.54) is 0 Å². The number of rotatable bonds is 4. The molecule has 26 heavy (non-hydrogen) atoms. The van der Waals surface area contributed by atoms with E-state index in [0.717, 1.165) is 30.9 Å². The van der Waals surface area contributed by atoms with Gasteiger partial charge in [-0.05, 0) is 31.9 Å². The third-order valence-electron chi connectivity index (χ3n) is 4.73. The highest BCUT2D eigenvalue weighted by Crippen LogP contribution is 2.27. The van der Waals surface area contributed by atoms with Gasteiger partial charge in [0.1, 0.15) is 11.6 Å². The van der Waals surface area contributed by atoms with Gasteiger partial charge in [0.05, 0.1) is 12.2 Å². The first-order valence-electron chi connectivity index (χ1n) is 8.84. The summed E-state index contributed by atoms with van der Waals surface area (Å²) in [6.07, 6.45) is 7.56. The van der Waals surface area contributed by atoms with Crippen molar-refractivity contribution in [3.8, 4) is 0 Å². The molecule has 0 bridgehead atoms. The van der Waals surface area contributed by atoms with Crippen LogP contribution >= 0.6 is 0 Å². The summed E-state index contributed by atoms with van der Waals surface area (Å²) in [4.78, 5) is 23.5. The van der Waals surface area contributed by atoms with Crippen molar-refractivity contribution >= 4 is 5.91 Å². The molecular weight excluding hydrogens is 330 g/mol. The molecule has 3 aromatic rings. The van der Waals surface area contributed by atoms with Crippen molar-refractivity contribution < 1.29 is 9.32 Å². The maximum absolute atomic E-state index is 12.7. The van der Waals surface area contributed by atoms with Crippen LogP contribution in [0.25, 0.3) is 0 Å². The molecular formula is C19H21N5O2. The van der Waals surface area contributed by atoms with Crippen LogP contribution in [-0.2, 0) is 6.54 Å². The molecule has 0 spiro atoms. The van der Waals surface area contributed by atoms with Gasteiger partial charge in [-0.15, -0.1) is 0 Å². The average molecular weight is 351 g/mol. The third kappa shape index (κ3) is 3.37. The van der Waals surface area contributed by atoms with Crippen LogP contribution in [0.5, 0.6) is 0 Å². The van der Waals surface area contributed by atoms with E-state index >= 15 is 0 Å². The number of carbonyl (C=O) groups is 1. The Hall–Kier alpha value is -2.96. The van der Waals surface area contributed by atoms with Gasteiger partial charge in [0, 0.05) is 43.7 Å². The molecule has 1 aliphatic heterocycles. The number of hydrogen-bond acceptors (Lipinski definition) is 5. The molecule has 1 amide bonds. The quantitative estimate of drug-likeness (QED) is 0.722. The second kappa shape index (κ2) is 7.11. The van der Waals surface area contributed by atoms with Gasteiger partial charge in [-0.2, -0.15) is 0 Å². The monoisotopic (exact) mass is 351 g/mol. The van der Waals surface area contributed by atoms with E-state index in [-0.39, 0.29) is 11.8 Å². The minimum atomic E-state index is -0.0746. The Morgan fingerprint density at radius 2 is 2.23 bits per heavy atom. The van der Waals surface area contributed by atoms with E-state index < -0.39 is 0 Å². The summed E-state index contributed by atoms with van der Waals surface area (Å²) in [5.74, 6) is 1.78. The van der Waals surface area contributed by atoms with Gasteiger partial charge in [0.25, 0.3) is 5.91 Å². The van der Waals surface area contributed by atoms with E-state index in [2.05, 4.69) is 19.7 Å². The van der Waals surface area contributed by atoms with Crippen LogP contribution < -0.4 is 0 Å². The van der Waals surface area contributed by atoms with Crippen molar-refractivity contribution in [3.63, 3.8) is 0 Å². The fourth-order valence-electron chi connectivity index (χ4n) is 3.48. The summed E-state index contributed by atoms with van der Waals surface area (Å²) in [6, 6.07) is 7.59. The van der Waals surface area contributed by atoms with Crippen LogP contribution in [0.4, 0.5) is 0 Å². The molecule has 0 N–H and O–H groups in total. The van der Waals surface area contributed by atoms with Gasteiger partial charge in [-0.25, -0.2) is 4.98 Å². The van der Waals surface area contributed by atoms with Crippen molar-refractivity contribution in [3.05, 3.63) is 65.8 Å². The molecule has 0 saturated carbocycles. The van der Waals surface area contributed by atoms with E-state index in [0.29, 0.717) is 24.5 Å². The largest absolute Gasteiger partial charge is 0.361 e. The summed E-state index contributed by atoms with van der Waals surface area (Å²) in [5.41, 5.74) is 1.37. The van der Waals surface area contributed by atoms with Crippen LogP contribution in [0.2, 0.25) is 0 Å². The van der Waals surface area contributed by atoms with Gasteiger partial charge in [-0.3, -0.25) is 9.78 Å². The number of pyridine rings is 1. The molecule has 0 aromatic carbocycles. The number of aromatic nitrogens is 4. The van der Waals surface area contributed by atoms with Crippen LogP contribution in [0.1, 0.15) is 46.5 Å². The lowest BCUT2D eigenvalue weighted by atomic mass is 9.96. The van der Waals surface area contributed by atoms with Gasteiger partial charge in [0.2, 0.25) is 0 Å². The zero-order valence-electron chi connectivity index (χ0n) is 14.7. The number of imidazole rings is 1. The lowest BCUT2D eigenvalue weighted by Crippen LogP contribution is -2.40. The minimum Gasteiger partial charge on any atom is -0.361 e. The normalized spacial score (nSPS) is 17.4. The first kappa shape index (κ1) is 16.5. The predicted molar refractivity (Wildman–Crippen MR) is 94.7 cm³/mol. The molecule has 4 heterocycles. The molecule has 1 fully saturated rings. The Kier molecular flexibility index (Phi) is 4.51. The molecule has 134 valence electrons. The Morgan fingerprint density at radius 1 is 1.31 bits per heavy atom. The maximum atomic E-state index is 12.7. The molecule has 0 unspecified atom stereocenters. The zero-order chi connectivity index (χ0) is 17.9. The molecule has 0 radical (unpaired) electrons. The molecule has 4 rings (SSSR count). The predicted octanol–water partition coefficient (Wildman–Crippen LogP) is 2.64. The Bertz CT molecular complexity index is 886. The highest BCUT2D eigenvalue weighted by atomic mass is 16.5. The molecule has 3 aromatic heterocycles. The van der Waals surface area contributed by atoms with Crippen LogP contribution in [0.3, 0.4) is 0 Å². The number of nitrogens with zero attached hydrogens (tertiary/aromatic N) is 5. The summed E-state index contributed by atoms with van der Waals surface area (Å²) in [6.45, 7) is 3.85. The fraction of sp³-hybridized carbons (Fsp3) is 0.368. The summed E-state index contributed by atoms with van der Waals surface area (Å²) < 4.78 is 7.17. The summed E-state index contributed by atoms with van der Waals surface area (Å²) in [5, 5.41) is 3.86. The van der Waals surface area contributed by atoms with Crippen molar-refractivity contribution in [1.29, 1.82) is 0 Å². The van der Waals surface area contributed by atoms with Crippen molar-refractivity contribution in [2.24, 2.45) is 0 Å². The van der Waals surface area contributed by atoms with Crippen molar-refractivity contribution in [2.75, 3.05) is 13.1 Å². The SMILES string of the molecule is Cc1cc(C(=O)N2CCC[C@@H](c3nccn3Cc3ccccn3)C2)no1. The van der Waals surface area contributed by atoms with Gasteiger partial charge in [-0.1, -0.05) is 11.2 Å². The number of hydrogen-bond donors (Lipinski definition) is 0. The number of amides is 1. The second-order valence-corrected chi connectivity index (χ2v) is 6.65. The smallest absolute Gasteiger partial charge is 0.276 e. The van der Waals surface area contributed by atoms with E-state index in [1.807, 2.05) is 35.5 Å². The molecule has 7 heteroatoms. The zero-order valence-corrected chi connectivity index (χ0v) is 14.7. The summed E-state index contributed by atoms with van der Waals surface area (Å²) >= 11 is 0. The average Bonchev–Trinajstić information content (AvgIpc) is 3.31. The highest BCUT2D eigenvalue weighted by molar-refractivity contribution is 5.92. The number of likely N-dealkylation sites (tertiary alicyclic amines) is 1. The molecule has 0 aliphatic carbocycles. The maximum Gasteiger partial charge on any atom is 0.276 e. The Labute approximate surface area is 151 Å². The van der Waals surface area contributed by atoms with Crippen LogP contribution in [-0.4, -0.2) is 43.6 Å². The lowest BCUT2D eigenvalue weighted by molar-refractivity contribution is 0.0693. The second-order valence-electron chi connectivity index (χ2n) is 6.65. The van der Waals surface area contributed by atoms with Crippen molar-refractivity contribution in [2.45, 2.75) is 32.2 Å². The van der Waals surface area contributed by atoms with Crippen LogP contribution in [0.15, 0.2) is 47.4 Å². The molecule has 1 atom stereocenters. The molecule has 7 nitrogen and oxygen atoms in total. The molecule has 1 aliphatic rings. The number of aryl methyl sites for hydroxylation is 1. The van der Waals surface area contributed by atoms with Gasteiger partial charge < -0.3 is 14.0 Å². The van der Waals surface area contributed by atoms with Crippen molar-refractivity contribution in [1.82, 2.24) is 24.6 Å². The van der Waals surface area contributed by atoms with Gasteiger partial charge in [0.15, 0.2) is 5.69 Å². The number of carbonyl (C=O) groups excluding carboxylic acids is 1. The standard InChI is InChI=1S/C19H21N5O2/c1-14-11-17(22-26-14)19(25)24-9-4-5-15(12-24)18-21-8-10-23(18)13-16-6-2-3-7-20-16/h2-3,6-8,10-11,15H,4-5,9,12-13H2,1H3/t15-/m1/s1. The first-order chi connectivity index (χ1) is 12.7. The highest BCUT2D eigenvalue weighted by Gasteiger charge is 2.29. The van der Waals surface area contributed by atoms with E-state index in [4.69, 9.17) is 4.52 Å². The third-order valence-corrected chi connectivity index (χ3v) is 4.73. The van der Waals surface area contributed by atoms with Gasteiger partial charge >= 0.3 is 0 Å². The Morgan fingerprint density at radius 3 is 3.00 bits per heavy atom. The molecule has 1 saturated heterocycles. The summed E-state index contributed by atoms with van der Waals surface area (Å²) in [7, 11) is 0. The fourth-order valence-corrected chi connectivity index (χ4v) is 3.48. The van der Waals surface area contributed by atoms with E-state index in [1.54, 1.807) is 19.2 Å². The lowest BCUT2D eigenvalue weighted by Gasteiger charge is -2.32. The topological polar surface area (TPSA) is 77.1 Å². The first-order valence-corrected chi connectivity index (χ1v) is 8.84. The Balaban J connectivity index is 1.50. The van der Waals surface area contributed by atoms with E-state index in [9.17, 15) is 4.79 Å². The number of piperidine rings is 1.